The van der Waals surface area contributed by atoms with Crippen molar-refractivity contribution in [3.63, 3.8) is 0 Å². The molecule has 0 bridgehead atoms. The molecule has 2 atom stereocenters. The molecule has 2 unspecified atom stereocenters. The number of methoxy groups -OCH3 is 1. The Kier molecular flexibility index (Phi) is 10.7. The summed E-state index contributed by atoms with van der Waals surface area (Å²) in [5.41, 5.74) is 0. The fourth-order valence-electron chi connectivity index (χ4n) is 0.783. The molecule has 0 aliphatic carbocycles. The average molecular weight is 341 g/mol. The first-order valence-corrected chi connectivity index (χ1v) is 6.44. The summed E-state index contributed by atoms with van der Waals surface area (Å²) >= 11 is 13.7. The van der Waals surface area contributed by atoms with E-state index in [-0.39, 0.29) is 10.0 Å². The molecule has 0 heterocycles. The zero-order valence-electron chi connectivity index (χ0n) is 7.64. The van der Waals surface area contributed by atoms with Gasteiger partial charge in [-0.1, -0.05) is 22.6 Å². The summed E-state index contributed by atoms with van der Waals surface area (Å²) in [6.45, 7) is 1.41. The van der Waals surface area contributed by atoms with E-state index in [9.17, 15) is 0 Å². The smallest absolute Gasteiger partial charge is 0.0839 e. The summed E-state index contributed by atoms with van der Waals surface area (Å²) in [6, 6.07) is 0. The van der Waals surface area contributed by atoms with Gasteiger partial charge in [0.15, 0.2) is 0 Å². The van der Waals surface area contributed by atoms with Crippen LogP contribution in [0.15, 0.2) is 0 Å². The Morgan fingerprint density at radius 2 is 1.92 bits per heavy atom. The van der Waals surface area contributed by atoms with Crippen LogP contribution in [-0.4, -0.2) is 42.1 Å². The van der Waals surface area contributed by atoms with Crippen molar-refractivity contribution < 1.29 is 9.47 Å². The third kappa shape index (κ3) is 7.19. The zero-order chi connectivity index (χ0) is 10.1. The summed E-state index contributed by atoms with van der Waals surface area (Å²) < 4.78 is 10.7. The number of alkyl halides is 3. The summed E-state index contributed by atoms with van der Waals surface area (Å²) in [4.78, 5) is 0. The molecule has 0 rings (SSSR count). The highest BCUT2D eigenvalue weighted by atomic mass is 127. The molecule has 0 aromatic heterocycles. The molecule has 0 aliphatic rings. The lowest BCUT2D eigenvalue weighted by Gasteiger charge is -2.18. The molecule has 2 nitrogen and oxygen atoms in total. The van der Waals surface area contributed by atoms with Crippen molar-refractivity contribution in [1.29, 1.82) is 0 Å². The van der Waals surface area contributed by atoms with E-state index in [0.717, 1.165) is 13.0 Å². The van der Waals surface area contributed by atoms with Crippen LogP contribution in [0.2, 0.25) is 0 Å². The highest BCUT2D eigenvalue weighted by Crippen LogP contribution is 2.13. The second-order valence-electron chi connectivity index (χ2n) is 2.58. The van der Waals surface area contributed by atoms with Gasteiger partial charge in [0.25, 0.3) is 0 Å². The molecule has 0 fully saturated rings. The average Bonchev–Trinajstić information content (AvgIpc) is 2.17. The van der Waals surface area contributed by atoms with Crippen LogP contribution in [0.4, 0.5) is 0 Å². The molecule has 0 amide bonds. The Balaban J connectivity index is 3.47. The number of hydrogen-bond acceptors (Lipinski definition) is 2. The van der Waals surface area contributed by atoms with Crippen LogP contribution in [0.1, 0.15) is 6.42 Å². The van der Waals surface area contributed by atoms with Gasteiger partial charge in [0, 0.05) is 32.1 Å². The maximum absolute atomic E-state index is 5.73. The van der Waals surface area contributed by atoms with Crippen molar-refractivity contribution in [1.82, 2.24) is 0 Å². The summed E-state index contributed by atoms with van der Waals surface area (Å²) in [7, 11) is 1.68. The SMILES string of the molecule is COCCCOC(CCl)C(I)CCl. The van der Waals surface area contributed by atoms with E-state index in [1.54, 1.807) is 7.11 Å². The number of halogens is 3. The molecular weight excluding hydrogens is 326 g/mol. The van der Waals surface area contributed by atoms with E-state index in [1.807, 2.05) is 0 Å². The standard InChI is InChI=1S/C8H15Cl2IO2/c1-12-3-2-4-13-8(6-10)7(11)5-9/h7-8H,2-6H2,1H3. The molecule has 0 saturated carbocycles. The van der Waals surface area contributed by atoms with Gasteiger partial charge in [-0.05, 0) is 6.42 Å². The quantitative estimate of drug-likeness (QED) is 0.384. The maximum atomic E-state index is 5.73. The topological polar surface area (TPSA) is 18.5 Å². The summed E-state index contributed by atoms with van der Waals surface area (Å²) in [6.07, 6.45) is 0.951. The lowest BCUT2D eigenvalue weighted by Crippen LogP contribution is -2.28. The molecule has 5 heteroatoms. The molecule has 0 aliphatic heterocycles. The van der Waals surface area contributed by atoms with E-state index in [4.69, 9.17) is 32.7 Å². The highest BCUT2D eigenvalue weighted by Gasteiger charge is 2.16. The lowest BCUT2D eigenvalue weighted by atomic mass is 10.3. The molecule has 13 heavy (non-hydrogen) atoms. The van der Waals surface area contributed by atoms with Gasteiger partial charge < -0.3 is 9.47 Å². The first-order valence-electron chi connectivity index (χ1n) is 4.12. The van der Waals surface area contributed by atoms with E-state index in [0.29, 0.717) is 18.4 Å². The number of rotatable bonds is 8. The second-order valence-corrected chi connectivity index (χ2v) is 4.80. The Bertz CT molecular complexity index is 116. The van der Waals surface area contributed by atoms with Gasteiger partial charge in [-0.3, -0.25) is 0 Å². The third-order valence-electron chi connectivity index (χ3n) is 1.53. The molecule has 0 aromatic rings. The predicted octanol–water partition coefficient (Wildman–Crippen LogP) is 2.69. The molecule has 0 radical (unpaired) electrons. The Morgan fingerprint density at radius 3 is 2.38 bits per heavy atom. The van der Waals surface area contributed by atoms with Crippen molar-refractivity contribution in [2.45, 2.75) is 16.4 Å². The van der Waals surface area contributed by atoms with Crippen LogP contribution in [0.3, 0.4) is 0 Å². The van der Waals surface area contributed by atoms with Crippen molar-refractivity contribution in [3.8, 4) is 0 Å². The van der Waals surface area contributed by atoms with Gasteiger partial charge in [-0.15, -0.1) is 23.2 Å². The minimum absolute atomic E-state index is 0.0524. The minimum Gasteiger partial charge on any atom is -0.385 e. The monoisotopic (exact) mass is 340 g/mol. The van der Waals surface area contributed by atoms with Gasteiger partial charge >= 0.3 is 0 Å². The van der Waals surface area contributed by atoms with Crippen molar-refractivity contribution in [3.05, 3.63) is 0 Å². The van der Waals surface area contributed by atoms with E-state index < -0.39 is 0 Å². The lowest BCUT2D eigenvalue weighted by molar-refractivity contribution is 0.0561. The highest BCUT2D eigenvalue weighted by molar-refractivity contribution is 14.1. The van der Waals surface area contributed by atoms with Crippen molar-refractivity contribution >= 4 is 45.8 Å². The molecule has 0 aromatic carbocycles. The van der Waals surface area contributed by atoms with Crippen molar-refractivity contribution in [2.24, 2.45) is 0 Å². The zero-order valence-corrected chi connectivity index (χ0v) is 11.3. The van der Waals surface area contributed by atoms with E-state index in [1.165, 1.54) is 0 Å². The van der Waals surface area contributed by atoms with E-state index >= 15 is 0 Å². The van der Waals surface area contributed by atoms with Crippen LogP contribution in [0, 0.1) is 0 Å². The first-order chi connectivity index (χ1) is 6.26. The van der Waals surface area contributed by atoms with Crippen LogP contribution >= 0.6 is 45.8 Å². The van der Waals surface area contributed by atoms with Gasteiger partial charge in [0.1, 0.15) is 0 Å². The normalized spacial score (nSPS) is 15.7. The molecular formula is C8H15Cl2IO2. The molecule has 0 saturated heterocycles. The largest absolute Gasteiger partial charge is 0.385 e. The molecule has 80 valence electrons. The fraction of sp³-hybridized carbons (Fsp3) is 1.00. The van der Waals surface area contributed by atoms with Gasteiger partial charge in [0.05, 0.1) is 10.0 Å². The van der Waals surface area contributed by atoms with Crippen LogP contribution in [-0.2, 0) is 9.47 Å². The Hall–Kier alpha value is 1.23. The predicted molar refractivity (Wildman–Crippen MR) is 65.5 cm³/mol. The summed E-state index contributed by atoms with van der Waals surface area (Å²) in [5.74, 6) is 1.07. The summed E-state index contributed by atoms with van der Waals surface area (Å²) in [5, 5.41) is 0. The minimum atomic E-state index is 0.0524. The van der Waals surface area contributed by atoms with Gasteiger partial charge in [0.2, 0.25) is 0 Å². The van der Waals surface area contributed by atoms with E-state index in [2.05, 4.69) is 22.6 Å². The van der Waals surface area contributed by atoms with Gasteiger partial charge in [-0.2, -0.15) is 0 Å². The second kappa shape index (κ2) is 9.77. The third-order valence-corrected chi connectivity index (χ3v) is 3.93. The maximum Gasteiger partial charge on any atom is 0.0839 e. The number of hydrogen-bond donors (Lipinski definition) is 0. The molecule has 0 N–H and O–H groups in total. The fourth-order valence-corrected chi connectivity index (χ4v) is 2.05. The van der Waals surface area contributed by atoms with Crippen LogP contribution in [0.25, 0.3) is 0 Å². The first kappa shape index (κ1) is 14.2. The van der Waals surface area contributed by atoms with Gasteiger partial charge in [-0.25, -0.2) is 0 Å². The number of ether oxygens (including phenoxy) is 2. The molecule has 0 spiro atoms. The van der Waals surface area contributed by atoms with Crippen LogP contribution in [0.5, 0.6) is 0 Å². The van der Waals surface area contributed by atoms with Crippen LogP contribution < -0.4 is 0 Å². The van der Waals surface area contributed by atoms with Crippen molar-refractivity contribution in [2.75, 3.05) is 32.1 Å². The Labute approximate surface area is 103 Å². The Morgan fingerprint density at radius 1 is 1.23 bits per heavy atom.